The number of anilines is 1. The first-order valence-electron chi connectivity index (χ1n) is 8.27. The number of rotatable bonds is 4. The second-order valence-corrected chi connectivity index (χ2v) is 6.27. The first-order chi connectivity index (χ1) is 12.0. The Hall–Kier alpha value is -2.86. The van der Waals surface area contributed by atoms with Crippen LogP contribution in [0.5, 0.6) is 0 Å². The Morgan fingerprint density at radius 2 is 1.88 bits per heavy atom. The van der Waals surface area contributed by atoms with E-state index in [1.54, 1.807) is 24.3 Å². The summed E-state index contributed by atoms with van der Waals surface area (Å²) in [6, 6.07) is 16.6. The molecule has 6 heteroatoms. The molecule has 1 saturated heterocycles. The van der Waals surface area contributed by atoms with Gasteiger partial charge in [0.1, 0.15) is 0 Å². The summed E-state index contributed by atoms with van der Waals surface area (Å²) in [6.07, 6.45) is 0.880. The van der Waals surface area contributed by atoms with Crippen LogP contribution in [-0.2, 0) is 0 Å². The third kappa shape index (κ3) is 3.97. The van der Waals surface area contributed by atoms with E-state index in [9.17, 15) is 9.59 Å². The van der Waals surface area contributed by atoms with Gasteiger partial charge in [-0.05, 0) is 37.2 Å². The average molecular weight is 338 g/mol. The lowest BCUT2D eigenvalue weighted by Gasteiger charge is -2.26. The topological polar surface area (TPSA) is 87.5 Å². The van der Waals surface area contributed by atoms with Crippen molar-refractivity contribution in [1.82, 2.24) is 10.2 Å². The molecule has 0 bridgehead atoms. The molecule has 0 aliphatic carbocycles. The molecule has 2 aromatic carbocycles. The predicted octanol–water partition coefficient (Wildman–Crippen LogP) is 2.35. The second-order valence-electron chi connectivity index (χ2n) is 6.27. The smallest absolute Gasteiger partial charge is 0.319 e. The normalized spacial score (nSPS) is 20.2. The van der Waals surface area contributed by atoms with Gasteiger partial charge >= 0.3 is 6.03 Å². The molecule has 25 heavy (non-hydrogen) atoms. The highest BCUT2D eigenvalue weighted by Crippen LogP contribution is 2.30. The molecule has 0 aromatic heterocycles. The minimum absolute atomic E-state index is 0.0201. The molecule has 4 N–H and O–H groups in total. The van der Waals surface area contributed by atoms with Crippen molar-refractivity contribution in [2.75, 3.05) is 18.9 Å². The van der Waals surface area contributed by atoms with E-state index >= 15 is 0 Å². The Bertz CT molecular complexity index is 763. The molecular formula is C19H22N4O2. The number of likely N-dealkylation sites (N-methyl/N-ethyl adjacent to an activating group) is 1. The van der Waals surface area contributed by atoms with E-state index in [2.05, 4.69) is 34.7 Å². The Balaban J connectivity index is 1.68. The first-order valence-corrected chi connectivity index (χ1v) is 8.27. The number of benzene rings is 2. The van der Waals surface area contributed by atoms with Crippen LogP contribution in [-0.4, -0.2) is 36.5 Å². The molecule has 0 spiro atoms. The van der Waals surface area contributed by atoms with Crippen LogP contribution in [0.1, 0.15) is 28.4 Å². The van der Waals surface area contributed by atoms with Gasteiger partial charge in [-0.3, -0.25) is 9.69 Å². The van der Waals surface area contributed by atoms with Crippen molar-refractivity contribution in [3.05, 3.63) is 65.7 Å². The lowest BCUT2D eigenvalue weighted by molar-refractivity contribution is 0.1000. The summed E-state index contributed by atoms with van der Waals surface area (Å²) in [4.78, 5) is 25.9. The van der Waals surface area contributed by atoms with E-state index in [-0.39, 0.29) is 18.1 Å². The maximum Gasteiger partial charge on any atom is 0.319 e. The number of nitrogens with one attached hydrogen (secondary N) is 2. The van der Waals surface area contributed by atoms with Crippen LogP contribution in [0.3, 0.4) is 0 Å². The van der Waals surface area contributed by atoms with Crippen LogP contribution in [0.15, 0.2) is 54.6 Å². The summed E-state index contributed by atoms with van der Waals surface area (Å²) < 4.78 is 0. The number of carbonyl (C=O) groups excluding carboxylic acids is 2. The molecule has 130 valence electrons. The van der Waals surface area contributed by atoms with E-state index in [1.165, 1.54) is 5.56 Å². The van der Waals surface area contributed by atoms with E-state index < -0.39 is 5.91 Å². The molecule has 2 unspecified atom stereocenters. The second kappa shape index (κ2) is 7.36. The van der Waals surface area contributed by atoms with Crippen molar-refractivity contribution in [1.29, 1.82) is 0 Å². The zero-order valence-corrected chi connectivity index (χ0v) is 14.1. The number of hydrogen-bond acceptors (Lipinski definition) is 3. The molecule has 0 radical (unpaired) electrons. The lowest BCUT2D eigenvalue weighted by atomic mass is 10.0. The number of amides is 3. The molecule has 1 heterocycles. The first kappa shape index (κ1) is 17.0. The number of nitrogens with two attached hydrogens (primary N) is 1. The van der Waals surface area contributed by atoms with Gasteiger partial charge in [0.2, 0.25) is 5.91 Å². The zero-order chi connectivity index (χ0) is 17.8. The summed E-state index contributed by atoms with van der Waals surface area (Å²) >= 11 is 0. The SMILES string of the molecule is CN1CCC(NC(=O)Nc2cccc(C(N)=O)c2)C1c1ccccc1. The van der Waals surface area contributed by atoms with Gasteiger partial charge < -0.3 is 16.4 Å². The number of urea groups is 1. The van der Waals surface area contributed by atoms with Gasteiger partial charge in [-0.2, -0.15) is 0 Å². The van der Waals surface area contributed by atoms with Gasteiger partial charge in [0.05, 0.1) is 12.1 Å². The van der Waals surface area contributed by atoms with Gasteiger partial charge in [-0.1, -0.05) is 36.4 Å². The summed E-state index contributed by atoms with van der Waals surface area (Å²) in [7, 11) is 2.06. The maximum absolute atomic E-state index is 12.4. The Labute approximate surface area is 147 Å². The van der Waals surface area contributed by atoms with Crippen molar-refractivity contribution >= 4 is 17.6 Å². The third-order valence-electron chi connectivity index (χ3n) is 4.51. The summed E-state index contributed by atoms with van der Waals surface area (Å²) in [5, 5.41) is 5.82. The molecule has 6 nitrogen and oxygen atoms in total. The van der Waals surface area contributed by atoms with Gasteiger partial charge in [0.15, 0.2) is 0 Å². The lowest BCUT2D eigenvalue weighted by Crippen LogP contribution is -2.41. The largest absolute Gasteiger partial charge is 0.366 e. The predicted molar refractivity (Wildman–Crippen MR) is 97.3 cm³/mol. The summed E-state index contributed by atoms with van der Waals surface area (Å²) in [5.41, 5.74) is 7.35. The van der Waals surface area contributed by atoms with Crippen molar-refractivity contribution in [3.8, 4) is 0 Å². The van der Waals surface area contributed by atoms with Gasteiger partial charge in [-0.15, -0.1) is 0 Å². The molecule has 2 atom stereocenters. The number of carbonyl (C=O) groups is 2. The molecule has 1 aliphatic heterocycles. The number of hydrogen-bond donors (Lipinski definition) is 3. The monoisotopic (exact) mass is 338 g/mol. The van der Waals surface area contributed by atoms with Gasteiger partial charge in [-0.25, -0.2) is 4.79 Å². The van der Waals surface area contributed by atoms with Crippen LogP contribution in [0, 0.1) is 0 Å². The Morgan fingerprint density at radius 3 is 2.60 bits per heavy atom. The van der Waals surface area contributed by atoms with E-state index in [0.29, 0.717) is 11.3 Å². The van der Waals surface area contributed by atoms with Crippen molar-refractivity contribution in [3.63, 3.8) is 0 Å². The van der Waals surface area contributed by atoms with E-state index in [4.69, 9.17) is 5.73 Å². The third-order valence-corrected chi connectivity index (χ3v) is 4.51. The van der Waals surface area contributed by atoms with Gasteiger partial charge in [0, 0.05) is 17.8 Å². The molecule has 1 fully saturated rings. The highest BCUT2D eigenvalue weighted by molar-refractivity contribution is 5.95. The fourth-order valence-corrected chi connectivity index (χ4v) is 3.32. The fraction of sp³-hybridized carbons (Fsp3) is 0.263. The van der Waals surface area contributed by atoms with Gasteiger partial charge in [0.25, 0.3) is 0 Å². The number of likely N-dealkylation sites (tertiary alicyclic amines) is 1. The zero-order valence-electron chi connectivity index (χ0n) is 14.1. The Morgan fingerprint density at radius 1 is 1.12 bits per heavy atom. The van der Waals surface area contributed by atoms with Crippen LogP contribution in [0.25, 0.3) is 0 Å². The summed E-state index contributed by atoms with van der Waals surface area (Å²) in [5.74, 6) is -0.523. The average Bonchev–Trinajstić information content (AvgIpc) is 2.96. The highest BCUT2D eigenvalue weighted by Gasteiger charge is 2.33. The van der Waals surface area contributed by atoms with Crippen LogP contribution >= 0.6 is 0 Å². The van der Waals surface area contributed by atoms with E-state index in [1.807, 2.05) is 18.2 Å². The minimum atomic E-state index is -0.523. The molecule has 0 saturated carbocycles. The highest BCUT2D eigenvalue weighted by atomic mass is 16.2. The van der Waals surface area contributed by atoms with Crippen molar-refractivity contribution in [2.24, 2.45) is 5.73 Å². The van der Waals surface area contributed by atoms with Crippen LogP contribution in [0.2, 0.25) is 0 Å². The maximum atomic E-state index is 12.4. The fourth-order valence-electron chi connectivity index (χ4n) is 3.32. The molecule has 3 rings (SSSR count). The molecule has 1 aliphatic rings. The van der Waals surface area contributed by atoms with Crippen molar-refractivity contribution in [2.45, 2.75) is 18.5 Å². The Kier molecular flexibility index (Phi) is 5.00. The number of primary amides is 1. The summed E-state index contributed by atoms with van der Waals surface area (Å²) in [6.45, 7) is 0.918. The standard InChI is InChI=1S/C19H22N4O2/c1-23-11-10-16(17(23)13-6-3-2-4-7-13)22-19(25)21-15-9-5-8-14(12-15)18(20)24/h2-9,12,16-17H,10-11H2,1H3,(H2,20,24)(H2,21,22,25). The minimum Gasteiger partial charge on any atom is -0.366 e. The molecule has 2 aromatic rings. The molecule has 3 amide bonds. The quantitative estimate of drug-likeness (QED) is 0.800. The molecular weight excluding hydrogens is 316 g/mol. The van der Waals surface area contributed by atoms with Crippen LogP contribution < -0.4 is 16.4 Å². The number of nitrogens with zero attached hydrogens (tertiary/aromatic N) is 1. The van der Waals surface area contributed by atoms with Crippen LogP contribution in [0.4, 0.5) is 10.5 Å². The van der Waals surface area contributed by atoms with Crippen molar-refractivity contribution < 1.29 is 9.59 Å². The van der Waals surface area contributed by atoms with E-state index in [0.717, 1.165) is 13.0 Å².